The third-order valence-corrected chi connectivity index (χ3v) is 4.93. The third kappa shape index (κ3) is 9.52. The van der Waals surface area contributed by atoms with Crippen LogP contribution in [-0.2, 0) is 14.3 Å². The first-order valence-corrected chi connectivity index (χ1v) is 10.4. The monoisotopic (exact) mass is 419 g/mol. The SMILES string of the molecule is C=CCCCCCCCCC(=O)N[C@@H]1[C@@H](OCC(O)CO)O[C@H](CO)[C@@H](O)[C@@H]1O. The summed E-state index contributed by atoms with van der Waals surface area (Å²) in [6.07, 6.45) is 3.02. The van der Waals surface area contributed by atoms with Crippen LogP contribution in [0.3, 0.4) is 0 Å². The van der Waals surface area contributed by atoms with E-state index in [9.17, 15) is 25.2 Å². The van der Waals surface area contributed by atoms with Crippen molar-refractivity contribution >= 4 is 5.91 Å². The van der Waals surface area contributed by atoms with E-state index in [0.29, 0.717) is 6.42 Å². The van der Waals surface area contributed by atoms with Gasteiger partial charge in [0.2, 0.25) is 5.91 Å². The maximum atomic E-state index is 12.3. The fraction of sp³-hybridized carbons (Fsp3) is 0.850. The van der Waals surface area contributed by atoms with Crippen LogP contribution in [0, 0.1) is 0 Å². The molecule has 9 heteroatoms. The molecule has 6 atom stereocenters. The summed E-state index contributed by atoms with van der Waals surface area (Å²) in [7, 11) is 0. The Labute approximate surface area is 172 Å². The molecule has 0 aromatic carbocycles. The van der Waals surface area contributed by atoms with E-state index >= 15 is 0 Å². The second-order valence-corrected chi connectivity index (χ2v) is 7.42. The fourth-order valence-electron chi connectivity index (χ4n) is 3.18. The number of hydrogen-bond donors (Lipinski definition) is 6. The van der Waals surface area contributed by atoms with Gasteiger partial charge in [-0.15, -0.1) is 6.58 Å². The van der Waals surface area contributed by atoms with Gasteiger partial charge in [0.05, 0.1) is 19.8 Å². The highest BCUT2D eigenvalue weighted by molar-refractivity contribution is 5.76. The summed E-state index contributed by atoms with van der Waals surface area (Å²) >= 11 is 0. The number of ether oxygens (including phenoxy) is 2. The van der Waals surface area contributed by atoms with Crippen LogP contribution in [0.25, 0.3) is 0 Å². The fourth-order valence-corrected chi connectivity index (χ4v) is 3.18. The Balaban J connectivity index is 2.46. The van der Waals surface area contributed by atoms with Gasteiger partial charge in [0, 0.05) is 6.42 Å². The summed E-state index contributed by atoms with van der Waals surface area (Å²) in [5.41, 5.74) is 0. The van der Waals surface area contributed by atoms with Crippen molar-refractivity contribution in [1.82, 2.24) is 5.32 Å². The highest BCUT2D eigenvalue weighted by atomic mass is 16.7. The van der Waals surface area contributed by atoms with E-state index in [1.165, 1.54) is 0 Å². The first-order valence-electron chi connectivity index (χ1n) is 10.4. The van der Waals surface area contributed by atoms with E-state index in [0.717, 1.165) is 38.5 Å². The summed E-state index contributed by atoms with van der Waals surface area (Å²) in [6.45, 7) is 2.33. The van der Waals surface area contributed by atoms with Gasteiger partial charge in [0.15, 0.2) is 6.29 Å². The third-order valence-electron chi connectivity index (χ3n) is 4.93. The van der Waals surface area contributed by atoms with Crippen LogP contribution in [0.1, 0.15) is 51.4 Å². The van der Waals surface area contributed by atoms with E-state index in [1.807, 2.05) is 6.08 Å². The average molecular weight is 420 g/mol. The van der Waals surface area contributed by atoms with Crippen molar-refractivity contribution in [3.8, 4) is 0 Å². The Hall–Kier alpha value is -1.07. The Morgan fingerprint density at radius 2 is 1.76 bits per heavy atom. The van der Waals surface area contributed by atoms with E-state index < -0.39 is 50.0 Å². The highest BCUT2D eigenvalue weighted by Crippen LogP contribution is 2.22. The summed E-state index contributed by atoms with van der Waals surface area (Å²) in [6, 6.07) is -1.06. The average Bonchev–Trinajstić information content (AvgIpc) is 2.72. The minimum absolute atomic E-state index is 0.265. The minimum Gasteiger partial charge on any atom is -0.394 e. The smallest absolute Gasteiger partial charge is 0.220 e. The summed E-state index contributed by atoms with van der Waals surface area (Å²) in [5.74, 6) is -0.310. The van der Waals surface area contributed by atoms with E-state index in [1.54, 1.807) is 0 Å². The van der Waals surface area contributed by atoms with Crippen molar-refractivity contribution in [3.63, 3.8) is 0 Å². The first-order chi connectivity index (χ1) is 13.9. The number of nitrogens with one attached hydrogen (secondary N) is 1. The zero-order chi connectivity index (χ0) is 21.6. The minimum atomic E-state index is -1.41. The predicted molar refractivity (Wildman–Crippen MR) is 106 cm³/mol. The molecule has 9 nitrogen and oxygen atoms in total. The van der Waals surface area contributed by atoms with Gasteiger partial charge in [-0.1, -0.05) is 31.8 Å². The van der Waals surface area contributed by atoms with Crippen LogP contribution < -0.4 is 5.32 Å². The molecule has 1 aliphatic rings. The van der Waals surface area contributed by atoms with Crippen LogP contribution >= 0.6 is 0 Å². The number of carbonyl (C=O) groups excluding carboxylic acids is 1. The Kier molecular flexibility index (Phi) is 13.3. The largest absolute Gasteiger partial charge is 0.394 e. The second-order valence-electron chi connectivity index (χ2n) is 7.42. The van der Waals surface area contributed by atoms with Crippen LogP contribution in [-0.4, -0.2) is 88.0 Å². The molecular weight excluding hydrogens is 382 g/mol. The van der Waals surface area contributed by atoms with Crippen molar-refractivity contribution in [2.45, 2.75) is 88.1 Å². The molecule has 170 valence electrons. The molecule has 6 N–H and O–H groups in total. The lowest BCUT2D eigenvalue weighted by Crippen LogP contribution is -2.65. The van der Waals surface area contributed by atoms with Crippen LogP contribution in [0.2, 0.25) is 0 Å². The van der Waals surface area contributed by atoms with Crippen molar-refractivity contribution in [1.29, 1.82) is 0 Å². The molecule has 0 spiro atoms. The number of hydrogen-bond acceptors (Lipinski definition) is 8. The Morgan fingerprint density at radius 1 is 1.10 bits per heavy atom. The zero-order valence-electron chi connectivity index (χ0n) is 17.0. The molecule has 1 fully saturated rings. The molecule has 0 saturated carbocycles. The van der Waals surface area contributed by atoms with E-state index in [-0.39, 0.29) is 18.9 Å². The second kappa shape index (κ2) is 14.8. The van der Waals surface area contributed by atoms with Crippen LogP contribution in [0.4, 0.5) is 0 Å². The lowest BCUT2D eigenvalue weighted by Gasteiger charge is -2.42. The van der Waals surface area contributed by atoms with E-state index in [4.69, 9.17) is 14.6 Å². The van der Waals surface area contributed by atoms with Crippen molar-refractivity contribution < 1.29 is 39.8 Å². The number of rotatable bonds is 15. The molecule has 1 rings (SSSR count). The number of carbonyl (C=O) groups is 1. The number of unbranched alkanes of at least 4 members (excludes halogenated alkanes) is 6. The summed E-state index contributed by atoms with van der Waals surface area (Å²) < 4.78 is 10.8. The molecule has 1 saturated heterocycles. The maximum absolute atomic E-state index is 12.3. The van der Waals surface area contributed by atoms with Gasteiger partial charge in [-0.25, -0.2) is 0 Å². The van der Waals surface area contributed by atoms with Gasteiger partial charge in [0.1, 0.15) is 30.5 Å². The van der Waals surface area contributed by atoms with Gasteiger partial charge < -0.3 is 40.3 Å². The predicted octanol–water partition coefficient (Wildman–Crippen LogP) is -0.413. The van der Waals surface area contributed by atoms with Crippen molar-refractivity contribution in [3.05, 3.63) is 12.7 Å². The molecule has 1 heterocycles. The molecular formula is C20H37NO8. The van der Waals surface area contributed by atoms with Gasteiger partial charge in [-0.3, -0.25) is 4.79 Å². The lowest BCUT2D eigenvalue weighted by molar-refractivity contribution is -0.275. The first kappa shape index (κ1) is 26.0. The molecule has 0 aromatic rings. The molecule has 1 amide bonds. The van der Waals surface area contributed by atoms with Gasteiger partial charge in [-0.2, -0.15) is 0 Å². The van der Waals surface area contributed by atoms with Gasteiger partial charge >= 0.3 is 0 Å². The topological polar surface area (TPSA) is 149 Å². The number of aliphatic hydroxyl groups excluding tert-OH is 5. The normalized spacial score (nSPS) is 28.1. The molecule has 0 aliphatic carbocycles. The van der Waals surface area contributed by atoms with Crippen molar-refractivity contribution in [2.24, 2.45) is 0 Å². The standard InChI is InChI=1S/C20H37NO8/c1-2-3-4-5-6-7-8-9-10-16(25)21-17-19(27)18(26)15(12-23)29-20(17)28-13-14(24)11-22/h2,14-15,17-20,22-24,26-27H,1,3-13H2,(H,21,25)/t14?,15-,17+,18-,19-,20+/m1/s1. The Bertz CT molecular complexity index is 464. The number of aliphatic hydroxyl groups is 5. The molecule has 0 radical (unpaired) electrons. The molecule has 0 bridgehead atoms. The van der Waals surface area contributed by atoms with Crippen LogP contribution in [0.15, 0.2) is 12.7 Å². The molecule has 1 unspecified atom stereocenters. The maximum Gasteiger partial charge on any atom is 0.220 e. The molecule has 1 aliphatic heterocycles. The lowest BCUT2D eigenvalue weighted by atomic mass is 9.96. The van der Waals surface area contributed by atoms with E-state index in [2.05, 4.69) is 11.9 Å². The van der Waals surface area contributed by atoms with Gasteiger partial charge in [-0.05, 0) is 19.3 Å². The number of allylic oxidation sites excluding steroid dienone is 1. The molecule has 29 heavy (non-hydrogen) atoms. The summed E-state index contributed by atoms with van der Waals surface area (Å²) in [4.78, 5) is 12.3. The van der Waals surface area contributed by atoms with Crippen LogP contribution in [0.5, 0.6) is 0 Å². The Morgan fingerprint density at radius 3 is 2.38 bits per heavy atom. The zero-order valence-corrected chi connectivity index (χ0v) is 17.0. The number of amides is 1. The quantitative estimate of drug-likeness (QED) is 0.155. The highest BCUT2D eigenvalue weighted by Gasteiger charge is 2.45. The van der Waals surface area contributed by atoms with Gasteiger partial charge in [0.25, 0.3) is 0 Å². The summed E-state index contributed by atoms with van der Waals surface area (Å²) in [5, 5.41) is 50.6. The van der Waals surface area contributed by atoms with Crippen molar-refractivity contribution in [2.75, 3.05) is 19.8 Å². The molecule has 0 aromatic heterocycles.